The SMILES string of the molecule is CCNC(=NCCCc1nnc(SC)n1CC(C)C)N1CCOC(C2CCCO2)C1.I. The molecule has 2 atom stereocenters. The normalized spacial score (nSPS) is 22.1. The second-order valence-corrected chi connectivity index (χ2v) is 9.13. The molecular weight excluding hydrogens is 527 g/mol. The predicted octanol–water partition coefficient (Wildman–Crippen LogP) is 3.05. The van der Waals surface area contributed by atoms with E-state index in [1.54, 1.807) is 11.8 Å². The molecule has 2 fully saturated rings. The Kier molecular flexibility index (Phi) is 11.9. The first-order valence-electron chi connectivity index (χ1n) is 11.3. The van der Waals surface area contributed by atoms with Crippen molar-refractivity contribution >= 4 is 41.7 Å². The molecule has 1 N–H and O–H groups in total. The molecule has 0 aromatic carbocycles. The van der Waals surface area contributed by atoms with E-state index in [2.05, 4.69) is 52.0 Å². The lowest BCUT2D eigenvalue weighted by molar-refractivity contribution is -0.0817. The van der Waals surface area contributed by atoms with Gasteiger partial charge in [-0.05, 0) is 38.4 Å². The van der Waals surface area contributed by atoms with Crippen LogP contribution in [0.25, 0.3) is 0 Å². The molecule has 3 heterocycles. The zero-order chi connectivity index (χ0) is 21.3. The summed E-state index contributed by atoms with van der Waals surface area (Å²) in [5.74, 6) is 2.62. The maximum atomic E-state index is 5.99. The minimum absolute atomic E-state index is 0. The van der Waals surface area contributed by atoms with Gasteiger partial charge in [-0.15, -0.1) is 34.2 Å². The van der Waals surface area contributed by atoms with Gasteiger partial charge in [-0.25, -0.2) is 0 Å². The minimum Gasteiger partial charge on any atom is -0.375 e. The van der Waals surface area contributed by atoms with Gasteiger partial charge < -0.3 is 24.3 Å². The second kappa shape index (κ2) is 13.8. The number of hydrogen-bond donors (Lipinski definition) is 1. The average Bonchev–Trinajstić information content (AvgIpc) is 3.40. The van der Waals surface area contributed by atoms with Gasteiger partial charge in [0.25, 0.3) is 0 Å². The highest BCUT2D eigenvalue weighted by atomic mass is 127. The molecule has 1 aromatic heterocycles. The predicted molar refractivity (Wildman–Crippen MR) is 137 cm³/mol. The number of aliphatic imine (C=N–C) groups is 1. The highest BCUT2D eigenvalue weighted by Crippen LogP contribution is 2.21. The number of halogens is 1. The summed E-state index contributed by atoms with van der Waals surface area (Å²) >= 11 is 1.66. The zero-order valence-electron chi connectivity index (χ0n) is 19.4. The summed E-state index contributed by atoms with van der Waals surface area (Å²) in [5, 5.41) is 13.2. The Morgan fingerprint density at radius 3 is 2.74 bits per heavy atom. The van der Waals surface area contributed by atoms with Crippen LogP contribution in [0.1, 0.15) is 45.9 Å². The second-order valence-electron chi connectivity index (χ2n) is 8.35. The number of thioether (sulfide) groups is 1. The van der Waals surface area contributed by atoms with Crippen LogP contribution in [0.2, 0.25) is 0 Å². The number of nitrogens with zero attached hydrogens (tertiary/aromatic N) is 5. The molecule has 0 aliphatic carbocycles. The molecule has 2 aliphatic heterocycles. The summed E-state index contributed by atoms with van der Waals surface area (Å²) in [5.41, 5.74) is 0. The van der Waals surface area contributed by atoms with Crippen LogP contribution >= 0.6 is 35.7 Å². The molecule has 2 saturated heterocycles. The molecule has 0 saturated carbocycles. The number of rotatable bonds is 9. The summed E-state index contributed by atoms with van der Waals surface area (Å²) in [6.07, 6.45) is 6.52. The van der Waals surface area contributed by atoms with Crippen LogP contribution in [0.5, 0.6) is 0 Å². The summed E-state index contributed by atoms with van der Waals surface area (Å²) in [6.45, 7) is 12.5. The quantitative estimate of drug-likeness (QED) is 0.162. The van der Waals surface area contributed by atoms with Crippen molar-refractivity contribution in [2.75, 3.05) is 45.6 Å². The van der Waals surface area contributed by atoms with Gasteiger partial charge in [0, 0.05) is 45.8 Å². The number of ether oxygens (including phenoxy) is 2. The maximum Gasteiger partial charge on any atom is 0.194 e. The molecule has 8 nitrogen and oxygen atoms in total. The third kappa shape index (κ3) is 7.75. The van der Waals surface area contributed by atoms with Crippen LogP contribution in [0.3, 0.4) is 0 Å². The Morgan fingerprint density at radius 1 is 1.26 bits per heavy atom. The largest absolute Gasteiger partial charge is 0.375 e. The van der Waals surface area contributed by atoms with Gasteiger partial charge in [0.1, 0.15) is 11.9 Å². The number of aromatic nitrogens is 3. The van der Waals surface area contributed by atoms with Crippen LogP contribution in [0, 0.1) is 5.92 Å². The van der Waals surface area contributed by atoms with E-state index in [0.717, 1.165) is 88.6 Å². The van der Waals surface area contributed by atoms with Gasteiger partial charge in [-0.2, -0.15) is 0 Å². The fraction of sp³-hybridized carbons (Fsp3) is 0.857. The molecule has 178 valence electrons. The number of guanidine groups is 1. The van der Waals surface area contributed by atoms with Crippen molar-refractivity contribution in [3.8, 4) is 0 Å². The monoisotopic (exact) mass is 566 g/mol. The van der Waals surface area contributed by atoms with Crippen LogP contribution in [0.15, 0.2) is 10.1 Å². The van der Waals surface area contributed by atoms with E-state index in [9.17, 15) is 0 Å². The summed E-state index contributed by atoms with van der Waals surface area (Å²) in [6, 6.07) is 0. The first-order valence-corrected chi connectivity index (χ1v) is 12.6. The van der Waals surface area contributed by atoms with Gasteiger partial charge >= 0.3 is 0 Å². The molecule has 1 aromatic rings. The topological polar surface area (TPSA) is 76.8 Å². The number of nitrogens with one attached hydrogen (secondary N) is 1. The van der Waals surface area contributed by atoms with E-state index in [-0.39, 0.29) is 36.2 Å². The van der Waals surface area contributed by atoms with Gasteiger partial charge in [0.15, 0.2) is 11.1 Å². The molecule has 31 heavy (non-hydrogen) atoms. The average molecular weight is 567 g/mol. The molecule has 0 spiro atoms. The van der Waals surface area contributed by atoms with Crippen molar-refractivity contribution in [3.05, 3.63) is 5.82 Å². The van der Waals surface area contributed by atoms with E-state index in [4.69, 9.17) is 14.5 Å². The van der Waals surface area contributed by atoms with Gasteiger partial charge in [-0.1, -0.05) is 25.6 Å². The molecular formula is C21H39IN6O2S. The minimum atomic E-state index is 0. The molecule has 0 bridgehead atoms. The van der Waals surface area contributed by atoms with E-state index in [0.29, 0.717) is 5.92 Å². The maximum absolute atomic E-state index is 5.99. The lowest BCUT2D eigenvalue weighted by atomic mass is 10.1. The Bertz CT molecular complexity index is 681. The summed E-state index contributed by atoms with van der Waals surface area (Å²) in [7, 11) is 0. The third-order valence-electron chi connectivity index (χ3n) is 5.45. The molecule has 3 rings (SSSR count). The van der Waals surface area contributed by atoms with Crippen molar-refractivity contribution in [1.29, 1.82) is 0 Å². The number of morpholine rings is 1. The van der Waals surface area contributed by atoms with Crippen LogP contribution in [0.4, 0.5) is 0 Å². The Labute approximate surface area is 208 Å². The van der Waals surface area contributed by atoms with Crippen molar-refractivity contribution in [2.24, 2.45) is 10.9 Å². The van der Waals surface area contributed by atoms with Crippen LogP contribution in [-0.2, 0) is 22.4 Å². The Morgan fingerprint density at radius 2 is 2.06 bits per heavy atom. The van der Waals surface area contributed by atoms with E-state index in [1.165, 1.54) is 0 Å². The van der Waals surface area contributed by atoms with Crippen molar-refractivity contribution in [2.45, 2.75) is 70.4 Å². The standard InChI is InChI=1S/C21H38N6O2S.HI/c1-5-22-20(26-11-13-29-18(15-26)17-8-7-12-28-17)23-10-6-9-19-24-25-21(30-4)27(19)14-16(2)3;/h16-18H,5-15H2,1-4H3,(H,22,23);1H. The van der Waals surface area contributed by atoms with Crippen molar-refractivity contribution < 1.29 is 9.47 Å². The fourth-order valence-electron chi connectivity index (χ4n) is 4.04. The first kappa shape index (κ1) is 26.7. The van der Waals surface area contributed by atoms with Crippen molar-refractivity contribution in [3.63, 3.8) is 0 Å². The summed E-state index contributed by atoms with van der Waals surface area (Å²) < 4.78 is 14.1. The summed E-state index contributed by atoms with van der Waals surface area (Å²) in [4.78, 5) is 7.23. The zero-order valence-corrected chi connectivity index (χ0v) is 22.5. The Hall–Kier alpha value is -0.590. The lowest BCUT2D eigenvalue weighted by Gasteiger charge is -2.37. The van der Waals surface area contributed by atoms with E-state index in [1.807, 2.05) is 0 Å². The smallest absolute Gasteiger partial charge is 0.194 e. The fourth-order valence-corrected chi connectivity index (χ4v) is 4.56. The van der Waals surface area contributed by atoms with Gasteiger partial charge in [0.2, 0.25) is 0 Å². The van der Waals surface area contributed by atoms with E-state index >= 15 is 0 Å². The van der Waals surface area contributed by atoms with E-state index < -0.39 is 0 Å². The molecule has 2 unspecified atom stereocenters. The number of hydrogen-bond acceptors (Lipinski definition) is 6. The first-order chi connectivity index (χ1) is 14.6. The molecule has 10 heteroatoms. The molecule has 2 aliphatic rings. The third-order valence-corrected chi connectivity index (χ3v) is 6.12. The van der Waals surface area contributed by atoms with Crippen LogP contribution in [-0.4, -0.2) is 83.5 Å². The highest BCUT2D eigenvalue weighted by Gasteiger charge is 2.32. The van der Waals surface area contributed by atoms with Gasteiger partial charge in [0.05, 0.1) is 12.7 Å². The molecule has 0 amide bonds. The van der Waals surface area contributed by atoms with Crippen molar-refractivity contribution in [1.82, 2.24) is 25.0 Å². The highest BCUT2D eigenvalue weighted by molar-refractivity contribution is 14.0. The van der Waals surface area contributed by atoms with Gasteiger partial charge in [-0.3, -0.25) is 4.99 Å². The lowest BCUT2D eigenvalue weighted by Crippen LogP contribution is -2.53. The molecule has 0 radical (unpaired) electrons. The van der Waals surface area contributed by atoms with Crippen LogP contribution < -0.4 is 5.32 Å². The Balaban J connectivity index is 0.00000341. The number of aryl methyl sites for hydroxylation is 1.